The molecule has 0 radical (unpaired) electrons. The lowest BCUT2D eigenvalue weighted by molar-refractivity contribution is 1.02. The molecule has 0 fully saturated rings. The van der Waals surface area contributed by atoms with Gasteiger partial charge in [0.05, 0.1) is 16.6 Å². The van der Waals surface area contributed by atoms with Crippen LogP contribution in [0.4, 0.5) is 0 Å². The molecule has 4 heterocycles. The van der Waals surface area contributed by atoms with Gasteiger partial charge in [0.2, 0.25) is 0 Å². The summed E-state index contributed by atoms with van der Waals surface area (Å²) in [5.74, 6) is 1.83. The topological polar surface area (TPSA) is 61.4 Å². The highest BCUT2D eigenvalue weighted by Crippen LogP contribution is 2.36. The number of hydrogen-bond acceptors (Lipinski definition) is 4. The van der Waals surface area contributed by atoms with E-state index in [1.54, 1.807) is 0 Å². The Morgan fingerprint density at radius 1 is 0.339 bits per heavy atom. The van der Waals surface area contributed by atoms with Crippen LogP contribution in [-0.2, 0) is 0 Å². The van der Waals surface area contributed by atoms with Crippen LogP contribution in [0.2, 0.25) is 0 Å². The lowest BCUT2D eigenvalue weighted by Crippen LogP contribution is -2.30. The molecular weight excluding hydrogens is 757 g/mol. The lowest BCUT2D eigenvalue weighted by Gasteiger charge is -2.12. The first kappa shape index (κ1) is 35.7. The minimum absolute atomic E-state index is 0.579. The zero-order valence-corrected chi connectivity index (χ0v) is 33.7. The van der Waals surface area contributed by atoms with E-state index in [1.165, 1.54) is 48.9 Å². The van der Waals surface area contributed by atoms with Gasteiger partial charge in [0.15, 0.2) is 17.5 Å². The molecule has 0 saturated carbocycles. The molecule has 6 nitrogen and oxygen atoms in total. The molecule has 62 heavy (non-hydrogen) atoms. The molecule has 0 saturated heterocycles. The summed E-state index contributed by atoms with van der Waals surface area (Å²) in [5.41, 5.74) is 13.0. The van der Waals surface area contributed by atoms with Crippen LogP contribution >= 0.6 is 0 Å². The zero-order valence-electron chi connectivity index (χ0n) is 33.7. The summed E-state index contributed by atoms with van der Waals surface area (Å²) in [7, 11) is 0. The Balaban J connectivity index is 0.971. The van der Waals surface area contributed by atoms with E-state index < -0.39 is 0 Å². The van der Waals surface area contributed by atoms with Crippen molar-refractivity contribution in [2.75, 3.05) is 0 Å². The molecule has 0 atom stereocenters. The fourth-order valence-electron chi connectivity index (χ4n) is 9.14. The first-order valence-corrected chi connectivity index (χ1v) is 21.1. The monoisotopic (exact) mass is 794 g/mol. The number of nitrogens with zero attached hydrogens (tertiary/aromatic N) is 6. The van der Waals surface area contributed by atoms with Gasteiger partial charge in [-0.15, -0.1) is 0 Å². The standard InChI is InChI=1S/C56H38N6/c1-4-15-37(16-5-1)54-58-55(38-17-6-2-7-18-38)60-56(59-54)43-31-42(35-57-36-43)41-27-29-48-46-23-10-12-25-50(46)62(53(48)34-41)45-22-14-19-39(32-45)40-28-30-52-49(33-40)47-24-11-13-26-51(47)61(52)44-20-8-3-9-21-44/h1-9,11,13-36H,10,12H2. The average Bonchev–Trinajstić information content (AvgIpc) is 3.87. The van der Waals surface area contributed by atoms with Crippen LogP contribution in [0.25, 0.3) is 113 Å². The molecule has 0 aliphatic heterocycles. The predicted molar refractivity (Wildman–Crippen MR) is 253 cm³/mol. The Bertz CT molecular complexity index is 3570. The minimum atomic E-state index is 0.579. The normalized spacial score (nSPS) is 12.3. The van der Waals surface area contributed by atoms with E-state index in [9.17, 15) is 0 Å². The largest absolute Gasteiger partial charge is 0.310 e. The van der Waals surface area contributed by atoms with Crippen molar-refractivity contribution in [2.45, 2.75) is 12.8 Å². The van der Waals surface area contributed by atoms with Gasteiger partial charge in [0.1, 0.15) is 0 Å². The molecular formula is C56H38N6. The summed E-state index contributed by atoms with van der Waals surface area (Å²) in [6.07, 6.45) is 10.6. The molecule has 0 amide bonds. The van der Waals surface area contributed by atoms with E-state index in [0.29, 0.717) is 17.5 Å². The molecule has 0 N–H and O–H groups in total. The SMILES string of the molecule is C1=c2c(n(-c3cccc(-c4ccc5c(c4)c4ccccc4n5-c4ccccc4)c3)c3cc(-c4cncc(-c5nc(-c6ccccc6)nc(-c6ccccc6)n5)c4)ccc23)=CCC1. The molecule has 7 aromatic carbocycles. The van der Waals surface area contributed by atoms with Gasteiger partial charge in [-0.05, 0) is 84.1 Å². The summed E-state index contributed by atoms with van der Waals surface area (Å²) < 4.78 is 4.81. The van der Waals surface area contributed by atoms with Crippen LogP contribution in [0.3, 0.4) is 0 Å². The molecule has 1 aliphatic carbocycles. The van der Waals surface area contributed by atoms with Crippen LogP contribution in [-0.4, -0.2) is 29.1 Å². The number of aromatic nitrogens is 6. The van der Waals surface area contributed by atoms with Crippen molar-refractivity contribution in [2.24, 2.45) is 0 Å². The Labute approximate surface area is 358 Å². The van der Waals surface area contributed by atoms with Crippen molar-refractivity contribution >= 4 is 44.9 Å². The quantitative estimate of drug-likeness (QED) is 0.161. The van der Waals surface area contributed by atoms with Crippen molar-refractivity contribution in [3.63, 3.8) is 0 Å². The van der Waals surface area contributed by atoms with Gasteiger partial charge in [-0.1, -0.05) is 140 Å². The molecule has 0 unspecified atom stereocenters. The minimum Gasteiger partial charge on any atom is -0.310 e. The Hall–Kier alpha value is -8.22. The maximum atomic E-state index is 4.99. The van der Waals surface area contributed by atoms with E-state index in [2.05, 4.69) is 143 Å². The maximum absolute atomic E-state index is 4.99. The molecule has 4 aromatic heterocycles. The molecule has 0 spiro atoms. The van der Waals surface area contributed by atoms with Gasteiger partial charge in [-0.25, -0.2) is 15.0 Å². The summed E-state index contributed by atoms with van der Waals surface area (Å²) in [6.45, 7) is 0. The third-order valence-corrected chi connectivity index (χ3v) is 12.1. The summed E-state index contributed by atoms with van der Waals surface area (Å²) in [4.78, 5) is 19.6. The van der Waals surface area contributed by atoms with E-state index in [-0.39, 0.29) is 0 Å². The van der Waals surface area contributed by atoms with Crippen molar-refractivity contribution in [3.05, 3.63) is 205 Å². The highest BCUT2D eigenvalue weighted by molar-refractivity contribution is 6.10. The second kappa shape index (κ2) is 14.8. The van der Waals surface area contributed by atoms with Crippen molar-refractivity contribution < 1.29 is 0 Å². The van der Waals surface area contributed by atoms with Crippen molar-refractivity contribution in [1.29, 1.82) is 0 Å². The van der Waals surface area contributed by atoms with Crippen LogP contribution in [0.5, 0.6) is 0 Å². The van der Waals surface area contributed by atoms with Crippen molar-refractivity contribution in [3.8, 4) is 67.8 Å². The summed E-state index contributed by atoms with van der Waals surface area (Å²) >= 11 is 0. The summed E-state index contributed by atoms with van der Waals surface area (Å²) in [5, 5.41) is 6.25. The van der Waals surface area contributed by atoms with Gasteiger partial charge in [-0.3, -0.25) is 4.98 Å². The average molecular weight is 795 g/mol. The van der Waals surface area contributed by atoms with E-state index in [1.807, 2.05) is 73.1 Å². The first-order chi connectivity index (χ1) is 30.7. The van der Waals surface area contributed by atoms with Crippen LogP contribution in [0, 0.1) is 0 Å². The van der Waals surface area contributed by atoms with Gasteiger partial charge in [0, 0.05) is 72.7 Å². The fraction of sp³-hybridized carbons (Fsp3) is 0.0357. The second-order valence-electron chi connectivity index (χ2n) is 15.8. The number of hydrogen-bond donors (Lipinski definition) is 0. The molecule has 0 bridgehead atoms. The smallest absolute Gasteiger partial charge is 0.165 e. The zero-order chi connectivity index (χ0) is 41.0. The summed E-state index contributed by atoms with van der Waals surface area (Å²) in [6, 6.07) is 64.3. The van der Waals surface area contributed by atoms with Gasteiger partial charge < -0.3 is 9.13 Å². The maximum Gasteiger partial charge on any atom is 0.165 e. The van der Waals surface area contributed by atoms with E-state index in [0.717, 1.165) is 57.6 Å². The van der Waals surface area contributed by atoms with Crippen LogP contribution < -0.4 is 10.6 Å². The van der Waals surface area contributed by atoms with Gasteiger partial charge in [0.25, 0.3) is 0 Å². The highest BCUT2D eigenvalue weighted by atomic mass is 15.0. The Morgan fingerprint density at radius 2 is 0.919 bits per heavy atom. The number of para-hydroxylation sites is 2. The lowest BCUT2D eigenvalue weighted by atomic mass is 10.0. The third-order valence-electron chi connectivity index (χ3n) is 12.1. The van der Waals surface area contributed by atoms with Crippen LogP contribution in [0.1, 0.15) is 12.8 Å². The molecule has 12 rings (SSSR count). The molecule has 11 aromatic rings. The van der Waals surface area contributed by atoms with Crippen molar-refractivity contribution in [1.82, 2.24) is 29.1 Å². The molecule has 292 valence electrons. The van der Waals surface area contributed by atoms with Crippen LogP contribution in [0.15, 0.2) is 194 Å². The number of benzene rings is 7. The predicted octanol–water partition coefficient (Wildman–Crippen LogP) is 12.0. The van der Waals surface area contributed by atoms with Gasteiger partial charge in [-0.2, -0.15) is 0 Å². The number of pyridine rings is 1. The van der Waals surface area contributed by atoms with Gasteiger partial charge >= 0.3 is 0 Å². The second-order valence-corrected chi connectivity index (χ2v) is 15.8. The number of fused-ring (bicyclic) bond motifs is 6. The molecule has 6 heteroatoms. The van der Waals surface area contributed by atoms with E-state index >= 15 is 0 Å². The Kier molecular flexibility index (Phi) is 8.52. The highest BCUT2D eigenvalue weighted by Gasteiger charge is 2.18. The van der Waals surface area contributed by atoms with E-state index in [4.69, 9.17) is 19.9 Å². The number of rotatable bonds is 7. The first-order valence-electron chi connectivity index (χ1n) is 21.1. The fourth-order valence-corrected chi connectivity index (χ4v) is 9.14. The Morgan fingerprint density at radius 3 is 1.69 bits per heavy atom. The molecule has 1 aliphatic rings. The third kappa shape index (κ3) is 6.11.